The summed E-state index contributed by atoms with van der Waals surface area (Å²) in [6.07, 6.45) is 1.90. The van der Waals surface area contributed by atoms with Crippen LogP contribution < -0.4 is 15.6 Å². The number of thiophene rings is 1. The molecule has 1 aromatic heterocycles. The first kappa shape index (κ1) is 21.2. The maximum Gasteiger partial charge on any atom is 0.280 e. The number of hydrogen-bond acceptors (Lipinski definition) is 5. The van der Waals surface area contributed by atoms with Crippen molar-refractivity contribution in [2.75, 3.05) is 6.26 Å². The second-order valence-corrected chi connectivity index (χ2v) is 8.29. The van der Waals surface area contributed by atoms with Gasteiger partial charge in [0.1, 0.15) is 17.2 Å². The molecule has 2 aromatic carbocycles. The molecular formula is C21H19ClN2O3S2. The first-order valence-corrected chi connectivity index (χ1v) is 11.2. The van der Waals surface area contributed by atoms with Gasteiger partial charge in [0.15, 0.2) is 0 Å². The van der Waals surface area contributed by atoms with Gasteiger partial charge in [-0.15, -0.1) is 23.1 Å². The smallest absolute Gasteiger partial charge is 0.280 e. The zero-order valence-corrected chi connectivity index (χ0v) is 18.2. The SMILES string of the molecule is CSc1ccsc1C(=O)NNC(=O)c1ccc(COc2ccc(Cl)c(C)c2)cc1. The number of carbonyl (C=O) groups excluding carboxylic acids is 2. The molecule has 0 atom stereocenters. The number of rotatable bonds is 6. The van der Waals surface area contributed by atoms with Crippen LogP contribution >= 0.6 is 34.7 Å². The summed E-state index contributed by atoms with van der Waals surface area (Å²) in [4.78, 5) is 25.9. The fourth-order valence-corrected chi connectivity index (χ4v) is 4.25. The van der Waals surface area contributed by atoms with Crippen LogP contribution in [0.25, 0.3) is 0 Å². The van der Waals surface area contributed by atoms with Crippen molar-refractivity contribution in [3.63, 3.8) is 0 Å². The summed E-state index contributed by atoms with van der Waals surface area (Å²) in [5.41, 5.74) is 7.20. The van der Waals surface area contributed by atoms with Gasteiger partial charge in [0.25, 0.3) is 11.8 Å². The summed E-state index contributed by atoms with van der Waals surface area (Å²) >= 11 is 8.83. The summed E-state index contributed by atoms with van der Waals surface area (Å²) in [5.74, 6) is 0.0111. The summed E-state index contributed by atoms with van der Waals surface area (Å²) in [5, 5.41) is 2.54. The molecule has 0 unspecified atom stereocenters. The third kappa shape index (κ3) is 5.53. The molecule has 29 heavy (non-hydrogen) atoms. The number of ether oxygens (including phenoxy) is 1. The van der Waals surface area contributed by atoms with Gasteiger partial charge < -0.3 is 4.74 Å². The predicted octanol–water partition coefficient (Wildman–Crippen LogP) is 5.09. The molecule has 1 heterocycles. The van der Waals surface area contributed by atoms with Gasteiger partial charge in [-0.3, -0.25) is 20.4 Å². The van der Waals surface area contributed by atoms with Gasteiger partial charge in [0.2, 0.25) is 0 Å². The van der Waals surface area contributed by atoms with E-state index < -0.39 is 0 Å². The fourth-order valence-electron chi connectivity index (χ4n) is 2.49. The minimum absolute atomic E-state index is 0.332. The maximum atomic E-state index is 12.3. The number of aryl methyl sites for hydroxylation is 1. The molecule has 2 N–H and O–H groups in total. The highest BCUT2D eigenvalue weighted by molar-refractivity contribution is 7.98. The lowest BCUT2D eigenvalue weighted by molar-refractivity contribution is 0.0847. The molecule has 0 fully saturated rings. The summed E-state index contributed by atoms with van der Waals surface area (Å²) in [7, 11) is 0. The molecule has 8 heteroatoms. The quantitative estimate of drug-likeness (QED) is 0.409. The van der Waals surface area contributed by atoms with E-state index in [0.717, 1.165) is 21.8 Å². The second kappa shape index (κ2) is 9.82. The topological polar surface area (TPSA) is 67.4 Å². The Hall–Kier alpha value is -2.48. The first-order chi connectivity index (χ1) is 14.0. The Morgan fingerprint density at radius 3 is 2.48 bits per heavy atom. The molecule has 0 aliphatic heterocycles. The summed E-state index contributed by atoms with van der Waals surface area (Å²) in [6.45, 7) is 2.29. The third-order valence-electron chi connectivity index (χ3n) is 4.10. The van der Waals surface area contributed by atoms with Crippen molar-refractivity contribution in [1.29, 1.82) is 0 Å². The van der Waals surface area contributed by atoms with Gasteiger partial charge in [-0.05, 0) is 66.1 Å². The van der Waals surface area contributed by atoms with Crippen LogP contribution in [-0.2, 0) is 6.61 Å². The van der Waals surface area contributed by atoms with Crippen molar-refractivity contribution in [2.24, 2.45) is 0 Å². The van der Waals surface area contributed by atoms with Crippen LogP contribution in [0.15, 0.2) is 58.8 Å². The Morgan fingerprint density at radius 1 is 1.07 bits per heavy atom. The molecule has 3 aromatic rings. The van der Waals surface area contributed by atoms with E-state index in [0.29, 0.717) is 22.1 Å². The number of benzene rings is 2. The monoisotopic (exact) mass is 446 g/mol. The Balaban J connectivity index is 1.53. The van der Waals surface area contributed by atoms with Crippen LogP contribution in [0, 0.1) is 6.92 Å². The average Bonchev–Trinajstić information content (AvgIpc) is 3.22. The normalized spacial score (nSPS) is 10.4. The van der Waals surface area contributed by atoms with Gasteiger partial charge in [-0.2, -0.15) is 0 Å². The van der Waals surface area contributed by atoms with E-state index in [1.165, 1.54) is 23.1 Å². The Kier molecular flexibility index (Phi) is 7.19. The number of amides is 2. The molecule has 2 amide bonds. The molecule has 0 bridgehead atoms. The number of nitrogens with one attached hydrogen (secondary N) is 2. The molecule has 0 spiro atoms. The van der Waals surface area contributed by atoms with Crippen LogP contribution in [0.5, 0.6) is 5.75 Å². The highest BCUT2D eigenvalue weighted by Crippen LogP contribution is 2.25. The maximum absolute atomic E-state index is 12.3. The number of hydrazine groups is 1. The Bertz CT molecular complexity index is 1020. The van der Waals surface area contributed by atoms with Crippen molar-refractivity contribution >= 4 is 46.5 Å². The largest absolute Gasteiger partial charge is 0.489 e. The van der Waals surface area contributed by atoms with Gasteiger partial charge >= 0.3 is 0 Å². The minimum atomic E-state index is -0.388. The Morgan fingerprint density at radius 2 is 1.79 bits per heavy atom. The molecule has 0 aliphatic carbocycles. The number of carbonyl (C=O) groups is 2. The van der Waals surface area contributed by atoms with Crippen molar-refractivity contribution in [3.8, 4) is 5.75 Å². The van der Waals surface area contributed by atoms with E-state index in [4.69, 9.17) is 16.3 Å². The molecule has 0 saturated heterocycles. The van der Waals surface area contributed by atoms with E-state index >= 15 is 0 Å². The molecule has 150 valence electrons. The van der Waals surface area contributed by atoms with Crippen LogP contribution in [0.2, 0.25) is 5.02 Å². The van der Waals surface area contributed by atoms with Crippen LogP contribution in [-0.4, -0.2) is 18.1 Å². The number of halogens is 1. The zero-order valence-electron chi connectivity index (χ0n) is 15.8. The molecular weight excluding hydrogens is 428 g/mol. The average molecular weight is 447 g/mol. The van der Waals surface area contributed by atoms with E-state index in [1.54, 1.807) is 18.2 Å². The van der Waals surface area contributed by atoms with Crippen molar-refractivity contribution in [3.05, 3.63) is 80.5 Å². The van der Waals surface area contributed by atoms with Gasteiger partial charge in [-0.1, -0.05) is 23.7 Å². The van der Waals surface area contributed by atoms with Gasteiger partial charge in [0.05, 0.1) is 0 Å². The Labute approximate surface area is 182 Å². The lowest BCUT2D eigenvalue weighted by Gasteiger charge is -2.09. The number of hydrogen-bond donors (Lipinski definition) is 2. The van der Waals surface area contributed by atoms with Crippen LogP contribution in [0.1, 0.15) is 31.2 Å². The van der Waals surface area contributed by atoms with E-state index in [1.807, 2.05) is 48.9 Å². The molecule has 0 radical (unpaired) electrons. The second-order valence-electron chi connectivity index (χ2n) is 6.12. The van der Waals surface area contributed by atoms with Crippen LogP contribution in [0.3, 0.4) is 0 Å². The standard InChI is InChI=1S/C21H19ClN2O3S2/c1-13-11-16(7-8-17(13)22)27-12-14-3-5-15(6-4-14)20(25)23-24-21(26)19-18(28-2)9-10-29-19/h3-11H,12H2,1-2H3,(H,23,25)(H,24,26). The summed E-state index contributed by atoms with van der Waals surface area (Å²) < 4.78 is 5.75. The van der Waals surface area contributed by atoms with E-state index in [9.17, 15) is 9.59 Å². The zero-order chi connectivity index (χ0) is 20.8. The summed E-state index contributed by atoms with van der Waals surface area (Å²) in [6, 6.07) is 14.4. The fraction of sp³-hybridized carbons (Fsp3) is 0.143. The van der Waals surface area contributed by atoms with Crippen LogP contribution in [0.4, 0.5) is 0 Å². The van der Waals surface area contributed by atoms with Crippen molar-refractivity contribution < 1.29 is 14.3 Å². The molecule has 5 nitrogen and oxygen atoms in total. The predicted molar refractivity (Wildman–Crippen MR) is 118 cm³/mol. The van der Waals surface area contributed by atoms with Crippen molar-refractivity contribution in [1.82, 2.24) is 10.9 Å². The van der Waals surface area contributed by atoms with Gasteiger partial charge in [0, 0.05) is 15.5 Å². The van der Waals surface area contributed by atoms with E-state index in [-0.39, 0.29) is 11.8 Å². The number of thioether (sulfide) groups is 1. The van der Waals surface area contributed by atoms with Gasteiger partial charge in [-0.25, -0.2) is 0 Å². The first-order valence-electron chi connectivity index (χ1n) is 8.68. The molecule has 0 aliphatic rings. The highest BCUT2D eigenvalue weighted by Gasteiger charge is 2.14. The third-order valence-corrected chi connectivity index (χ3v) is 6.34. The van der Waals surface area contributed by atoms with Crippen molar-refractivity contribution in [2.45, 2.75) is 18.4 Å². The lowest BCUT2D eigenvalue weighted by Crippen LogP contribution is -2.41. The highest BCUT2D eigenvalue weighted by atomic mass is 35.5. The molecule has 3 rings (SSSR count). The molecule has 0 saturated carbocycles. The lowest BCUT2D eigenvalue weighted by atomic mass is 10.1. The van der Waals surface area contributed by atoms with E-state index in [2.05, 4.69) is 10.9 Å². The minimum Gasteiger partial charge on any atom is -0.489 e.